The fraction of sp³-hybridized carbons (Fsp3) is 0.717. The van der Waals surface area contributed by atoms with Crippen LogP contribution >= 0.6 is 0 Å². The lowest BCUT2D eigenvalue weighted by molar-refractivity contribution is -0.132. The monoisotopic (exact) mass is 803 g/mol. The van der Waals surface area contributed by atoms with E-state index in [-0.39, 0.29) is 88.6 Å². The van der Waals surface area contributed by atoms with Gasteiger partial charge in [-0.1, -0.05) is 101 Å². The Morgan fingerprint density at radius 1 is 0.931 bits per heavy atom. The van der Waals surface area contributed by atoms with Crippen LogP contribution in [0, 0.1) is 40.6 Å². The van der Waals surface area contributed by atoms with Crippen LogP contribution in [0.2, 0.25) is 0 Å². The molecule has 5 atom stereocenters. The molecule has 0 spiro atoms. The topological polar surface area (TPSA) is 132 Å². The van der Waals surface area contributed by atoms with Gasteiger partial charge < -0.3 is 24.4 Å². The van der Waals surface area contributed by atoms with E-state index in [2.05, 4.69) is 76.9 Å². The largest absolute Gasteiger partial charge is 0.459 e. The fourth-order valence-corrected chi connectivity index (χ4v) is 9.33. The Morgan fingerprint density at radius 3 is 2.07 bits per heavy atom. The van der Waals surface area contributed by atoms with E-state index in [1.54, 1.807) is 12.2 Å². The molecule has 5 rings (SSSR count). The van der Waals surface area contributed by atoms with E-state index in [9.17, 15) is 14.4 Å². The van der Waals surface area contributed by atoms with Crippen LogP contribution < -0.4 is 10.1 Å². The number of aromatic amines is 1. The molecule has 0 radical (unpaired) electrons. The Balaban J connectivity index is 1.57. The molecule has 12 nitrogen and oxygen atoms in total. The third-order valence-electron chi connectivity index (χ3n) is 12.7. The number of H-pyrrole nitrogens is 1. The minimum Gasteiger partial charge on any atom is -0.459 e. The van der Waals surface area contributed by atoms with Crippen molar-refractivity contribution in [1.29, 1.82) is 0 Å². The molecule has 2 amide bonds. The van der Waals surface area contributed by atoms with E-state index < -0.39 is 23.6 Å². The smallest absolute Gasteiger partial charge is 0.416 e. The average molecular weight is 803 g/mol. The van der Waals surface area contributed by atoms with Gasteiger partial charge in [-0.2, -0.15) is 0 Å². The average Bonchev–Trinajstić information content (AvgIpc) is 3.69. The molecule has 2 N–H and O–H groups in total. The molecule has 3 aliphatic rings. The lowest BCUT2D eigenvalue weighted by atomic mass is 9.59. The Bertz CT molecular complexity index is 1810. The predicted molar refractivity (Wildman–Crippen MR) is 227 cm³/mol. The second-order valence-corrected chi connectivity index (χ2v) is 20.4. The van der Waals surface area contributed by atoms with Crippen molar-refractivity contribution in [2.45, 2.75) is 164 Å². The fourth-order valence-electron chi connectivity index (χ4n) is 9.33. The van der Waals surface area contributed by atoms with E-state index in [4.69, 9.17) is 25.8 Å². The first-order valence-electron chi connectivity index (χ1n) is 21.6. The number of ether oxygens (including phenoxy) is 3. The molecule has 0 aromatic carbocycles. The molecule has 3 fully saturated rings. The minimum absolute atomic E-state index is 0.0369. The van der Waals surface area contributed by atoms with E-state index in [1.807, 2.05) is 20.8 Å². The normalized spacial score (nSPS) is 26.1. The molecular weight excluding hydrogens is 733 g/mol. The molecular formula is C46H70N6O6. The zero-order valence-corrected chi connectivity index (χ0v) is 36.9. The number of rotatable bonds is 11. The number of carbonyl (C=O) groups excluding carboxylic acids is 3. The molecule has 3 saturated carbocycles. The van der Waals surface area contributed by atoms with Gasteiger partial charge in [0.2, 0.25) is 11.8 Å². The van der Waals surface area contributed by atoms with Gasteiger partial charge in [-0.25, -0.2) is 23.9 Å². The summed E-state index contributed by atoms with van der Waals surface area (Å²) in [5.41, 5.74) is -0.921. The van der Waals surface area contributed by atoms with Crippen molar-refractivity contribution < 1.29 is 28.6 Å². The Labute approximate surface area is 346 Å². The first-order chi connectivity index (χ1) is 27.2. The van der Waals surface area contributed by atoms with Crippen molar-refractivity contribution in [3.05, 3.63) is 48.1 Å². The van der Waals surface area contributed by atoms with E-state index in [1.165, 1.54) is 15.8 Å². The Kier molecular flexibility index (Phi) is 14.0. The molecule has 5 unspecified atom stereocenters. The van der Waals surface area contributed by atoms with Gasteiger partial charge in [-0.05, 0) is 61.7 Å². The zero-order chi connectivity index (χ0) is 42.7. The van der Waals surface area contributed by atoms with Crippen LogP contribution in [0.25, 0.3) is 10.5 Å². The van der Waals surface area contributed by atoms with Crippen molar-refractivity contribution in [3.63, 3.8) is 0 Å². The van der Waals surface area contributed by atoms with Crippen LogP contribution in [0.1, 0.15) is 156 Å². The highest BCUT2D eigenvalue weighted by atomic mass is 16.6. The number of hydrogen-bond donors (Lipinski definition) is 2. The molecule has 0 saturated heterocycles. The standard InChI is InChI=1S/C46H70N6O6/c1-14-23-51(24-15-2)43(55)58-40-36(47-13)35(41(53)57-37-31(44(4,5)6)25-28(3)26-32(37)45(7,8)9)39-49-38(50-52(39)40)29-21-22-34(56-30-19-17-16-18-20-30)33(27-29)48-42(54)46(10,11)12/h14-15,28-34,37H,1-2,16-27H2,3-12H3,(H,48,54)(H,49,50). The lowest BCUT2D eigenvalue weighted by Crippen LogP contribution is -2.51. The van der Waals surface area contributed by atoms with Crippen molar-refractivity contribution in [1.82, 2.24) is 24.8 Å². The third kappa shape index (κ3) is 10.2. The maximum atomic E-state index is 14.8. The van der Waals surface area contributed by atoms with Gasteiger partial charge in [0.05, 0.1) is 24.8 Å². The number of esters is 1. The Hall–Kier alpha value is -4.11. The minimum atomic E-state index is -0.729. The van der Waals surface area contributed by atoms with Crippen LogP contribution in [0.15, 0.2) is 25.3 Å². The number of aromatic nitrogens is 3. The number of amides is 2. The van der Waals surface area contributed by atoms with Crippen LogP contribution in [0.5, 0.6) is 5.88 Å². The first kappa shape index (κ1) is 45.0. The molecule has 12 heteroatoms. The van der Waals surface area contributed by atoms with Crippen LogP contribution in [0.3, 0.4) is 0 Å². The molecule has 2 aromatic heterocycles. The summed E-state index contributed by atoms with van der Waals surface area (Å²) < 4.78 is 20.8. The van der Waals surface area contributed by atoms with E-state index in [0.29, 0.717) is 31.0 Å². The van der Waals surface area contributed by atoms with Crippen LogP contribution in [-0.2, 0) is 14.3 Å². The van der Waals surface area contributed by atoms with Gasteiger partial charge in [0, 0.05) is 36.3 Å². The van der Waals surface area contributed by atoms with E-state index in [0.717, 1.165) is 38.5 Å². The summed E-state index contributed by atoms with van der Waals surface area (Å²) in [4.78, 5) is 52.1. The number of carbonyl (C=O) groups is 3. The van der Waals surface area contributed by atoms with Crippen molar-refractivity contribution >= 4 is 29.3 Å². The van der Waals surface area contributed by atoms with Crippen LogP contribution in [0.4, 0.5) is 10.5 Å². The molecule has 0 bridgehead atoms. The molecule has 0 aliphatic heterocycles. The summed E-state index contributed by atoms with van der Waals surface area (Å²) in [6.45, 7) is 37.4. The predicted octanol–water partition coefficient (Wildman–Crippen LogP) is 10.2. The van der Waals surface area contributed by atoms with E-state index >= 15 is 0 Å². The molecule has 3 aliphatic carbocycles. The SMILES string of the molecule is [C-]#[N+]c1c(C(=O)OC2C(C(C)(C)C)CC(C)CC2C(C)(C)C)c2nc(C3CCC(OC4CCCCC4)C(NC(=O)C(C)(C)C)C3)[nH]n2c1OC(=O)N(CC=C)CC=C. The molecule has 2 heterocycles. The summed E-state index contributed by atoms with van der Waals surface area (Å²) in [5, 5.41) is 6.64. The summed E-state index contributed by atoms with van der Waals surface area (Å²) >= 11 is 0. The van der Waals surface area contributed by atoms with Crippen molar-refractivity contribution in [2.24, 2.45) is 34.0 Å². The van der Waals surface area contributed by atoms with Gasteiger partial charge in [0.25, 0.3) is 5.69 Å². The summed E-state index contributed by atoms with van der Waals surface area (Å²) in [6.07, 6.45) is 11.4. The van der Waals surface area contributed by atoms with Gasteiger partial charge in [0.15, 0.2) is 5.65 Å². The van der Waals surface area contributed by atoms with Crippen LogP contribution in [-0.4, -0.2) is 74.9 Å². The first-order valence-corrected chi connectivity index (χ1v) is 21.6. The van der Waals surface area contributed by atoms with Gasteiger partial charge in [-0.3, -0.25) is 9.89 Å². The molecule has 58 heavy (non-hydrogen) atoms. The molecule has 2 aromatic rings. The van der Waals surface area contributed by atoms with Crippen molar-refractivity contribution in [2.75, 3.05) is 13.1 Å². The Morgan fingerprint density at radius 2 is 1.53 bits per heavy atom. The highest BCUT2D eigenvalue weighted by Crippen LogP contribution is 2.50. The maximum Gasteiger partial charge on any atom is 0.416 e. The number of nitrogens with zero attached hydrogens (tertiary/aromatic N) is 4. The number of fused-ring (bicyclic) bond motifs is 1. The quantitative estimate of drug-likeness (QED) is 0.131. The maximum absolute atomic E-state index is 14.8. The van der Waals surface area contributed by atoms with Crippen molar-refractivity contribution in [3.8, 4) is 5.88 Å². The van der Waals surface area contributed by atoms with Gasteiger partial charge in [-0.15, -0.1) is 13.2 Å². The summed E-state index contributed by atoms with van der Waals surface area (Å²) in [5.74, 6) is 0.151. The number of nitrogens with one attached hydrogen (secondary N) is 2. The second kappa shape index (κ2) is 18.0. The molecule has 320 valence electrons. The second-order valence-electron chi connectivity index (χ2n) is 20.4. The summed E-state index contributed by atoms with van der Waals surface area (Å²) in [7, 11) is 0. The zero-order valence-electron chi connectivity index (χ0n) is 36.9. The highest BCUT2D eigenvalue weighted by molar-refractivity contribution is 6.05. The lowest BCUT2D eigenvalue weighted by Gasteiger charge is -2.50. The van der Waals surface area contributed by atoms with Gasteiger partial charge in [0.1, 0.15) is 17.5 Å². The van der Waals surface area contributed by atoms with Gasteiger partial charge >= 0.3 is 12.1 Å². The summed E-state index contributed by atoms with van der Waals surface area (Å²) in [6, 6.07) is -0.263. The third-order valence-corrected chi connectivity index (χ3v) is 12.7. The number of hydrogen-bond acceptors (Lipinski definition) is 7. The highest BCUT2D eigenvalue weighted by Gasteiger charge is 2.49.